The van der Waals surface area contributed by atoms with Gasteiger partial charge in [0.15, 0.2) is 0 Å². The summed E-state index contributed by atoms with van der Waals surface area (Å²) in [5, 5.41) is 2.47. The van der Waals surface area contributed by atoms with Crippen molar-refractivity contribution in [2.75, 3.05) is 0 Å². The zero-order chi connectivity index (χ0) is 8.43. The minimum Gasteiger partial charge on any atom is -0.318 e. The summed E-state index contributed by atoms with van der Waals surface area (Å²) in [5.74, 6) is -0.533. The molecule has 0 radical (unpaired) electrons. The second-order valence-electron chi connectivity index (χ2n) is 2.14. The zero-order valence-corrected chi connectivity index (χ0v) is 6.25. The van der Waals surface area contributed by atoms with Gasteiger partial charge in [0.25, 0.3) is 0 Å². The predicted octanol–water partition coefficient (Wildman–Crippen LogP) is -0.540. The molecule has 0 spiro atoms. The van der Waals surface area contributed by atoms with Gasteiger partial charge in [0.1, 0.15) is 0 Å². The topological polar surface area (TPSA) is 64.1 Å². The van der Waals surface area contributed by atoms with Crippen molar-refractivity contribution in [1.29, 1.82) is 0 Å². The maximum atomic E-state index is 11.0. The normalized spacial score (nSPS) is 9.64. The number of aromatic nitrogens is 2. The first kappa shape index (κ1) is 7.59. The molecule has 11 heavy (non-hydrogen) atoms. The van der Waals surface area contributed by atoms with Crippen LogP contribution in [0, 0.1) is 6.92 Å². The number of H-pyrrole nitrogens is 1. The Labute approximate surface area is 62.5 Å². The Bertz CT molecular complexity index is 323. The molecule has 1 rings (SSSR count). The Morgan fingerprint density at radius 3 is 2.73 bits per heavy atom. The average molecular weight is 156 g/mol. The molecule has 0 amide bonds. The maximum absolute atomic E-state index is 11.0. The molecular formula is C6H8N2O3. The molecule has 1 aromatic heterocycles. The number of hydrogen-bond donors (Lipinski definition) is 1. The quantitative estimate of drug-likeness (QED) is 0.593. The molecule has 0 bridgehead atoms. The fourth-order valence-corrected chi connectivity index (χ4v) is 0.632. The summed E-state index contributed by atoms with van der Waals surface area (Å²) >= 11 is 0. The largest absolute Gasteiger partial charge is 0.332 e. The van der Waals surface area contributed by atoms with E-state index in [1.54, 1.807) is 6.92 Å². The van der Waals surface area contributed by atoms with Crippen LogP contribution in [0.3, 0.4) is 0 Å². The maximum Gasteiger partial charge on any atom is 0.332 e. The minimum atomic E-state index is -0.533. The number of hydrogen-bond acceptors (Lipinski definition) is 3. The summed E-state index contributed by atoms with van der Waals surface area (Å²) in [4.78, 5) is 26.6. The molecule has 1 heterocycles. The third-order valence-electron chi connectivity index (χ3n) is 1.14. The van der Waals surface area contributed by atoms with Crippen molar-refractivity contribution in [3.05, 3.63) is 22.1 Å². The highest BCUT2D eigenvalue weighted by Gasteiger charge is 2.02. The van der Waals surface area contributed by atoms with E-state index in [1.807, 2.05) is 0 Å². The molecule has 0 fully saturated rings. The number of aromatic amines is 1. The monoisotopic (exact) mass is 156 g/mol. The number of carbonyl (C=O) groups is 1. The lowest BCUT2D eigenvalue weighted by molar-refractivity contribution is -0.143. The number of nitrogens with zero attached hydrogens (tertiary/aromatic N) is 1. The van der Waals surface area contributed by atoms with Gasteiger partial charge in [-0.2, -0.15) is 0 Å². The summed E-state index contributed by atoms with van der Waals surface area (Å²) in [5.41, 5.74) is 0.159. The summed E-state index contributed by atoms with van der Waals surface area (Å²) < 4.78 is 0. The van der Waals surface area contributed by atoms with Gasteiger partial charge in [-0.1, -0.05) is 4.85 Å². The predicted molar refractivity (Wildman–Crippen MR) is 37.1 cm³/mol. The highest BCUT2D eigenvalue weighted by molar-refractivity contribution is 5.66. The second-order valence-corrected chi connectivity index (χ2v) is 2.14. The van der Waals surface area contributed by atoms with Crippen LogP contribution >= 0.6 is 0 Å². The molecule has 60 valence electrons. The minimum absolute atomic E-state index is 0.347. The van der Waals surface area contributed by atoms with Gasteiger partial charge < -0.3 is 4.84 Å². The van der Waals surface area contributed by atoms with E-state index in [0.717, 1.165) is 4.85 Å². The molecule has 5 heteroatoms. The highest BCUT2D eigenvalue weighted by Crippen LogP contribution is 1.81. The van der Waals surface area contributed by atoms with Crippen molar-refractivity contribution >= 4 is 5.97 Å². The molecular weight excluding hydrogens is 148 g/mol. The van der Waals surface area contributed by atoms with E-state index in [4.69, 9.17) is 0 Å². The molecule has 5 nitrogen and oxygen atoms in total. The number of rotatable bonds is 1. The molecule has 0 aliphatic heterocycles. The van der Waals surface area contributed by atoms with E-state index < -0.39 is 5.97 Å². The fourth-order valence-electron chi connectivity index (χ4n) is 0.632. The Morgan fingerprint density at radius 2 is 2.36 bits per heavy atom. The molecule has 1 aromatic rings. The SMILES string of the molecule is CC(=O)On1[nH]cc(C)c1=O. The third-order valence-corrected chi connectivity index (χ3v) is 1.14. The standard InChI is InChI=1S/C6H8N2O3/c1-4-3-7-8(6(4)10)11-5(2)9/h3,7H,1-2H3. The number of aryl methyl sites for hydroxylation is 1. The molecule has 0 saturated carbocycles. The van der Waals surface area contributed by atoms with Crippen LogP contribution in [0.1, 0.15) is 12.5 Å². The Hall–Kier alpha value is -1.52. The smallest absolute Gasteiger partial charge is 0.318 e. The van der Waals surface area contributed by atoms with E-state index in [0.29, 0.717) is 5.56 Å². The van der Waals surface area contributed by atoms with Crippen molar-refractivity contribution in [2.24, 2.45) is 0 Å². The van der Waals surface area contributed by atoms with Crippen LogP contribution in [-0.4, -0.2) is 15.9 Å². The van der Waals surface area contributed by atoms with Crippen molar-refractivity contribution in [3.63, 3.8) is 0 Å². The lowest BCUT2D eigenvalue weighted by Crippen LogP contribution is -2.28. The van der Waals surface area contributed by atoms with Gasteiger partial charge in [-0.25, -0.2) is 4.79 Å². The molecule has 0 aliphatic rings. The third kappa shape index (κ3) is 1.49. The van der Waals surface area contributed by atoms with Crippen molar-refractivity contribution in [3.8, 4) is 0 Å². The van der Waals surface area contributed by atoms with Crippen LogP contribution in [0.2, 0.25) is 0 Å². The first-order valence-electron chi connectivity index (χ1n) is 3.07. The number of nitrogens with one attached hydrogen (secondary N) is 1. The van der Waals surface area contributed by atoms with E-state index in [-0.39, 0.29) is 5.56 Å². The van der Waals surface area contributed by atoms with E-state index in [1.165, 1.54) is 13.1 Å². The number of carbonyl (C=O) groups excluding carboxylic acids is 1. The summed E-state index contributed by atoms with van der Waals surface area (Å²) in [7, 11) is 0. The van der Waals surface area contributed by atoms with E-state index in [2.05, 4.69) is 9.94 Å². The zero-order valence-electron chi connectivity index (χ0n) is 6.25. The molecule has 1 N–H and O–H groups in total. The Kier molecular flexibility index (Phi) is 1.80. The summed E-state index contributed by atoms with van der Waals surface area (Å²) in [6, 6.07) is 0. The lowest BCUT2D eigenvalue weighted by Gasteiger charge is -1.96. The van der Waals surface area contributed by atoms with Crippen LogP contribution in [-0.2, 0) is 4.79 Å². The summed E-state index contributed by atoms with van der Waals surface area (Å²) in [6.45, 7) is 2.85. The van der Waals surface area contributed by atoms with Crippen molar-refractivity contribution in [2.45, 2.75) is 13.8 Å². The lowest BCUT2D eigenvalue weighted by atomic mass is 10.4. The molecule has 0 atom stereocenters. The Morgan fingerprint density at radius 1 is 1.73 bits per heavy atom. The Balaban J connectivity index is 2.97. The first-order valence-corrected chi connectivity index (χ1v) is 3.07. The van der Waals surface area contributed by atoms with Gasteiger partial charge in [0.05, 0.1) is 0 Å². The van der Waals surface area contributed by atoms with Crippen molar-refractivity contribution < 1.29 is 9.63 Å². The molecule has 0 unspecified atom stereocenters. The summed E-state index contributed by atoms with van der Waals surface area (Å²) in [6.07, 6.45) is 1.46. The van der Waals surface area contributed by atoms with Crippen LogP contribution in [0.15, 0.2) is 11.0 Å². The fraction of sp³-hybridized carbons (Fsp3) is 0.333. The van der Waals surface area contributed by atoms with Gasteiger partial charge in [0.2, 0.25) is 0 Å². The molecule has 0 aromatic carbocycles. The van der Waals surface area contributed by atoms with Gasteiger partial charge in [-0.3, -0.25) is 9.89 Å². The molecule has 0 saturated heterocycles. The van der Waals surface area contributed by atoms with Gasteiger partial charge >= 0.3 is 11.5 Å². The average Bonchev–Trinajstić information content (AvgIpc) is 2.18. The van der Waals surface area contributed by atoms with Gasteiger partial charge in [-0.15, -0.1) is 0 Å². The molecule has 0 aliphatic carbocycles. The second kappa shape index (κ2) is 2.61. The van der Waals surface area contributed by atoms with Crippen LogP contribution in [0.25, 0.3) is 0 Å². The van der Waals surface area contributed by atoms with Gasteiger partial charge in [-0.05, 0) is 6.92 Å². The van der Waals surface area contributed by atoms with Gasteiger partial charge in [0, 0.05) is 18.7 Å². The van der Waals surface area contributed by atoms with Crippen LogP contribution in [0.4, 0.5) is 0 Å². The van der Waals surface area contributed by atoms with Crippen molar-refractivity contribution in [1.82, 2.24) is 9.94 Å². The van der Waals surface area contributed by atoms with E-state index in [9.17, 15) is 9.59 Å². The van der Waals surface area contributed by atoms with E-state index >= 15 is 0 Å². The van der Waals surface area contributed by atoms with Crippen LogP contribution < -0.4 is 10.4 Å². The highest BCUT2D eigenvalue weighted by atomic mass is 16.7. The first-order chi connectivity index (χ1) is 5.11. The van der Waals surface area contributed by atoms with Crippen LogP contribution in [0.5, 0.6) is 0 Å².